The van der Waals surface area contributed by atoms with Crippen molar-refractivity contribution in [3.8, 4) is 5.75 Å². The lowest BCUT2D eigenvalue weighted by molar-refractivity contribution is -0.125. The Morgan fingerprint density at radius 1 is 1.00 bits per heavy atom. The smallest absolute Gasteiger partial charge is 0.264 e. The van der Waals surface area contributed by atoms with Crippen molar-refractivity contribution in [1.82, 2.24) is 16.2 Å². The fraction of sp³-hybridized carbons (Fsp3) is 0.200. The zero-order valence-electron chi connectivity index (χ0n) is 16.8. The summed E-state index contributed by atoms with van der Waals surface area (Å²) in [4.78, 5) is 35.8. The lowest BCUT2D eigenvalue weighted by atomic mass is 10.2. The topological polar surface area (TPSA) is 109 Å². The van der Waals surface area contributed by atoms with Crippen molar-refractivity contribution in [3.63, 3.8) is 0 Å². The van der Waals surface area contributed by atoms with Crippen molar-refractivity contribution in [2.45, 2.75) is 19.8 Å². The third-order valence-electron chi connectivity index (χ3n) is 3.80. The maximum Gasteiger partial charge on any atom is 0.264 e. The number of carbonyl (C=O) groups excluding carboxylic acids is 3. The summed E-state index contributed by atoms with van der Waals surface area (Å²) in [5.74, 6) is -0.905. The molecule has 0 fully saturated rings. The highest BCUT2D eigenvalue weighted by atomic mass is 79.9. The number of hydrogen-bond donors (Lipinski definition) is 4. The van der Waals surface area contributed by atoms with Crippen molar-refractivity contribution >= 4 is 79.9 Å². The number of amides is 3. The maximum absolute atomic E-state index is 12.0. The van der Waals surface area contributed by atoms with Gasteiger partial charge in [-0.25, -0.2) is 0 Å². The van der Waals surface area contributed by atoms with E-state index in [9.17, 15) is 14.4 Å². The van der Waals surface area contributed by atoms with Gasteiger partial charge in [0.25, 0.3) is 5.91 Å². The standard InChI is InChI=1S/C20H19BrCl2N4O4S/c1-11-2-5-16(13(21)8-11)31-10-19(30)25-20(32)27-26-18(29)7-6-17(28)24-15-4-3-12(22)9-14(15)23/h2-5,8-9H,6-7,10H2,1H3,(H,24,28)(H,26,29)(H2,25,27,30,32). The summed E-state index contributed by atoms with van der Waals surface area (Å²) in [5, 5.41) is 5.57. The molecule has 0 spiro atoms. The minimum atomic E-state index is -0.511. The number of hydrazine groups is 1. The van der Waals surface area contributed by atoms with Gasteiger partial charge in [0.1, 0.15) is 5.75 Å². The molecule has 32 heavy (non-hydrogen) atoms. The number of ether oxygens (including phenoxy) is 1. The van der Waals surface area contributed by atoms with Crippen molar-refractivity contribution in [2.24, 2.45) is 0 Å². The molecular weight excluding hydrogens is 543 g/mol. The first-order valence-electron chi connectivity index (χ1n) is 9.16. The zero-order chi connectivity index (χ0) is 23.7. The van der Waals surface area contributed by atoms with Crippen LogP contribution in [0.5, 0.6) is 5.75 Å². The van der Waals surface area contributed by atoms with E-state index in [-0.39, 0.29) is 29.6 Å². The summed E-state index contributed by atoms with van der Waals surface area (Å²) in [7, 11) is 0. The molecule has 12 heteroatoms. The van der Waals surface area contributed by atoms with E-state index in [1.165, 1.54) is 6.07 Å². The molecule has 0 saturated heterocycles. The Hall–Kier alpha value is -2.40. The van der Waals surface area contributed by atoms with Crippen LogP contribution in [0.2, 0.25) is 10.0 Å². The van der Waals surface area contributed by atoms with Crippen molar-refractivity contribution in [2.75, 3.05) is 11.9 Å². The second kappa shape index (κ2) is 12.6. The molecular formula is C20H19BrCl2N4O4S. The number of halogens is 3. The van der Waals surface area contributed by atoms with Crippen LogP contribution in [-0.2, 0) is 14.4 Å². The third kappa shape index (κ3) is 8.99. The number of nitrogens with one attached hydrogen (secondary N) is 4. The quantitative estimate of drug-likeness (QED) is 0.302. The molecule has 0 radical (unpaired) electrons. The summed E-state index contributed by atoms with van der Waals surface area (Å²) in [6, 6.07) is 10.1. The number of rotatable bonds is 7. The summed E-state index contributed by atoms with van der Waals surface area (Å²) >= 11 is 20.1. The molecule has 2 aromatic carbocycles. The average molecular weight is 562 g/mol. The molecule has 0 saturated carbocycles. The van der Waals surface area contributed by atoms with Gasteiger partial charge < -0.3 is 10.1 Å². The van der Waals surface area contributed by atoms with Gasteiger partial charge in [-0.15, -0.1) is 0 Å². The Balaban J connectivity index is 1.65. The van der Waals surface area contributed by atoms with Gasteiger partial charge in [-0.2, -0.15) is 0 Å². The predicted octanol–water partition coefficient (Wildman–Crippen LogP) is 3.88. The summed E-state index contributed by atoms with van der Waals surface area (Å²) < 4.78 is 6.14. The first-order valence-corrected chi connectivity index (χ1v) is 11.1. The summed E-state index contributed by atoms with van der Waals surface area (Å²) in [5.41, 5.74) is 6.12. The molecule has 0 aromatic heterocycles. The van der Waals surface area contributed by atoms with E-state index in [0.29, 0.717) is 16.5 Å². The number of aryl methyl sites for hydroxylation is 1. The van der Waals surface area contributed by atoms with E-state index in [1.54, 1.807) is 18.2 Å². The molecule has 8 nitrogen and oxygen atoms in total. The molecule has 3 amide bonds. The van der Waals surface area contributed by atoms with E-state index < -0.39 is 17.7 Å². The van der Waals surface area contributed by atoms with Gasteiger partial charge in [-0.05, 0) is 71.0 Å². The Morgan fingerprint density at radius 2 is 1.72 bits per heavy atom. The van der Waals surface area contributed by atoms with Gasteiger partial charge in [0, 0.05) is 17.9 Å². The fourth-order valence-electron chi connectivity index (χ4n) is 2.28. The Bertz CT molecular complexity index is 1040. The van der Waals surface area contributed by atoms with E-state index in [1.807, 2.05) is 19.1 Å². The molecule has 0 aliphatic heterocycles. The van der Waals surface area contributed by atoms with Gasteiger partial charge in [-0.1, -0.05) is 29.3 Å². The van der Waals surface area contributed by atoms with Crippen LogP contribution < -0.4 is 26.2 Å². The minimum Gasteiger partial charge on any atom is -0.483 e. The van der Waals surface area contributed by atoms with Gasteiger partial charge >= 0.3 is 0 Å². The summed E-state index contributed by atoms with van der Waals surface area (Å²) in [6.07, 6.45) is -0.212. The highest BCUT2D eigenvalue weighted by Crippen LogP contribution is 2.26. The van der Waals surface area contributed by atoms with Crippen molar-refractivity contribution in [1.29, 1.82) is 0 Å². The van der Waals surface area contributed by atoms with Gasteiger partial charge in [0.15, 0.2) is 11.7 Å². The number of thiocarbonyl (C=S) groups is 1. The fourth-order valence-corrected chi connectivity index (χ4v) is 3.51. The van der Waals surface area contributed by atoms with Crippen LogP contribution in [0.4, 0.5) is 5.69 Å². The predicted molar refractivity (Wildman–Crippen MR) is 131 cm³/mol. The van der Waals surface area contributed by atoms with Crippen LogP contribution >= 0.6 is 51.3 Å². The molecule has 2 rings (SSSR count). The number of carbonyl (C=O) groups is 3. The van der Waals surface area contributed by atoms with Crippen molar-refractivity contribution < 1.29 is 19.1 Å². The zero-order valence-corrected chi connectivity index (χ0v) is 20.7. The molecule has 0 aliphatic carbocycles. The molecule has 4 N–H and O–H groups in total. The molecule has 0 unspecified atom stereocenters. The van der Waals surface area contributed by atoms with Gasteiger partial charge in [-0.3, -0.25) is 30.6 Å². The first-order chi connectivity index (χ1) is 15.1. The van der Waals surface area contributed by atoms with Gasteiger partial charge in [0.05, 0.1) is 15.2 Å². The van der Waals surface area contributed by atoms with E-state index in [0.717, 1.165) is 10.0 Å². The number of anilines is 1. The lowest BCUT2D eigenvalue weighted by Crippen LogP contribution is -2.49. The normalized spacial score (nSPS) is 10.1. The van der Waals surface area contributed by atoms with Crippen LogP contribution in [0.1, 0.15) is 18.4 Å². The molecule has 170 valence electrons. The van der Waals surface area contributed by atoms with E-state index in [2.05, 4.69) is 37.4 Å². The number of benzene rings is 2. The maximum atomic E-state index is 12.0. The average Bonchev–Trinajstić information content (AvgIpc) is 2.72. The Kier molecular flexibility index (Phi) is 10.2. The van der Waals surface area contributed by atoms with Crippen LogP contribution in [0.15, 0.2) is 40.9 Å². The highest BCUT2D eigenvalue weighted by molar-refractivity contribution is 9.10. The Morgan fingerprint density at radius 3 is 2.41 bits per heavy atom. The minimum absolute atomic E-state index is 0.0924. The van der Waals surface area contributed by atoms with Crippen LogP contribution in [0.3, 0.4) is 0 Å². The molecule has 0 atom stereocenters. The Labute approximate surface area is 208 Å². The SMILES string of the molecule is Cc1ccc(OCC(=O)NC(=S)NNC(=O)CCC(=O)Nc2ccc(Cl)cc2Cl)c(Br)c1. The largest absolute Gasteiger partial charge is 0.483 e. The molecule has 2 aromatic rings. The highest BCUT2D eigenvalue weighted by Gasteiger charge is 2.11. The monoisotopic (exact) mass is 560 g/mol. The van der Waals surface area contributed by atoms with E-state index in [4.69, 9.17) is 40.2 Å². The van der Waals surface area contributed by atoms with Crippen LogP contribution in [0.25, 0.3) is 0 Å². The summed E-state index contributed by atoms with van der Waals surface area (Å²) in [6.45, 7) is 1.66. The van der Waals surface area contributed by atoms with Crippen molar-refractivity contribution in [3.05, 3.63) is 56.5 Å². The number of hydrogen-bond acceptors (Lipinski definition) is 5. The lowest BCUT2D eigenvalue weighted by Gasteiger charge is -2.12. The molecule has 0 heterocycles. The van der Waals surface area contributed by atoms with Crippen LogP contribution in [0, 0.1) is 6.92 Å². The first kappa shape index (κ1) is 25.9. The van der Waals surface area contributed by atoms with Gasteiger partial charge in [0.2, 0.25) is 11.8 Å². The van der Waals surface area contributed by atoms with Crippen LogP contribution in [-0.4, -0.2) is 29.4 Å². The second-order valence-corrected chi connectivity index (χ2v) is 8.55. The molecule has 0 bridgehead atoms. The van der Waals surface area contributed by atoms with E-state index >= 15 is 0 Å². The second-order valence-electron chi connectivity index (χ2n) is 6.45. The third-order valence-corrected chi connectivity index (χ3v) is 5.17. The molecule has 0 aliphatic rings.